The summed E-state index contributed by atoms with van der Waals surface area (Å²) in [5.41, 5.74) is 0. The Bertz CT molecular complexity index is 1350. The van der Waals surface area contributed by atoms with Gasteiger partial charge in [0.1, 0.15) is 13.2 Å². The lowest BCUT2D eigenvalue weighted by Gasteiger charge is -2.18. The summed E-state index contributed by atoms with van der Waals surface area (Å²) in [6.45, 7) is 6.43. The first-order valence-corrected chi connectivity index (χ1v) is 27.8. The molecule has 0 fully saturated rings. The predicted octanol–water partition coefficient (Wildman–Crippen LogP) is 18.5. The summed E-state index contributed by atoms with van der Waals surface area (Å²) < 4.78 is 16.8. The molecule has 0 aromatic rings. The number of allylic oxidation sites excluding steroid dienone is 16. The standard InChI is InChI=1S/C61H102O6/c1-4-7-10-13-16-19-22-25-28-30-31-34-36-39-42-45-48-51-54-60(63)66-57-58(56-65-59(62)53-50-47-44-41-38-35-32-27-24-21-18-15-12-9-6-3)67-61(64)55-52-49-46-43-40-37-33-29-26-23-20-17-14-11-8-5-2/h8,11,17,20-21,24,26,28-31,34,37,40,46,49,58H,4-7,9-10,12-16,18-19,22-23,25,27,32-33,35-36,38-39,41-45,47-48,50-57H2,1-3H3/b11-8-,20-17-,24-21-,29-26-,30-28-,34-31-,40-37-,49-46-. The molecule has 0 saturated carbocycles. The number of carbonyl (C=O) groups excluding carboxylic acids is 3. The van der Waals surface area contributed by atoms with Gasteiger partial charge in [-0.2, -0.15) is 0 Å². The molecule has 0 aromatic carbocycles. The summed E-state index contributed by atoms with van der Waals surface area (Å²) in [6, 6.07) is 0. The van der Waals surface area contributed by atoms with Gasteiger partial charge in [-0.1, -0.05) is 227 Å². The van der Waals surface area contributed by atoms with Gasteiger partial charge in [0.15, 0.2) is 6.10 Å². The molecule has 1 unspecified atom stereocenters. The highest BCUT2D eigenvalue weighted by Crippen LogP contribution is 2.14. The highest BCUT2D eigenvalue weighted by molar-refractivity contribution is 5.71. The first kappa shape index (κ1) is 63.3. The first-order valence-electron chi connectivity index (χ1n) is 27.8. The lowest BCUT2D eigenvalue weighted by molar-refractivity contribution is -0.166. The molecule has 1 atom stereocenters. The van der Waals surface area contributed by atoms with Crippen molar-refractivity contribution < 1.29 is 28.6 Å². The van der Waals surface area contributed by atoms with Crippen LogP contribution in [-0.2, 0) is 28.6 Å². The highest BCUT2D eigenvalue weighted by atomic mass is 16.6. The van der Waals surface area contributed by atoms with Crippen LogP contribution in [0.2, 0.25) is 0 Å². The van der Waals surface area contributed by atoms with Gasteiger partial charge in [-0.15, -0.1) is 0 Å². The molecular weight excluding hydrogens is 829 g/mol. The van der Waals surface area contributed by atoms with E-state index < -0.39 is 12.1 Å². The zero-order chi connectivity index (χ0) is 48.6. The van der Waals surface area contributed by atoms with Crippen molar-refractivity contribution in [1.29, 1.82) is 0 Å². The van der Waals surface area contributed by atoms with E-state index in [4.69, 9.17) is 14.2 Å². The maximum Gasteiger partial charge on any atom is 0.306 e. The van der Waals surface area contributed by atoms with E-state index in [0.717, 1.165) is 89.9 Å². The summed E-state index contributed by atoms with van der Waals surface area (Å²) in [4.78, 5) is 38.1. The van der Waals surface area contributed by atoms with Crippen LogP contribution in [0.1, 0.15) is 252 Å². The summed E-state index contributed by atoms with van der Waals surface area (Å²) in [5.74, 6) is -1.02. The van der Waals surface area contributed by atoms with E-state index in [1.807, 2.05) is 12.2 Å². The minimum Gasteiger partial charge on any atom is -0.462 e. The van der Waals surface area contributed by atoms with Crippen LogP contribution < -0.4 is 0 Å². The van der Waals surface area contributed by atoms with Crippen molar-refractivity contribution in [2.45, 2.75) is 258 Å². The minimum absolute atomic E-state index is 0.115. The molecule has 6 heteroatoms. The average molecular weight is 931 g/mol. The molecule has 0 saturated heterocycles. The Balaban J connectivity index is 4.52. The van der Waals surface area contributed by atoms with Gasteiger partial charge in [0.05, 0.1) is 0 Å². The summed E-state index contributed by atoms with van der Waals surface area (Å²) >= 11 is 0. The van der Waals surface area contributed by atoms with E-state index >= 15 is 0 Å². The normalized spacial score (nSPS) is 12.8. The average Bonchev–Trinajstić information content (AvgIpc) is 3.33. The smallest absolute Gasteiger partial charge is 0.306 e. The van der Waals surface area contributed by atoms with E-state index in [0.29, 0.717) is 19.3 Å². The summed E-state index contributed by atoms with van der Waals surface area (Å²) in [7, 11) is 0. The van der Waals surface area contributed by atoms with Crippen LogP contribution in [0.5, 0.6) is 0 Å². The molecular formula is C61H102O6. The number of unbranched alkanes of at least 4 members (excludes halogenated alkanes) is 23. The molecule has 0 N–H and O–H groups in total. The molecule has 0 aromatic heterocycles. The number of ether oxygens (including phenoxy) is 3. The van der Waals surface area contributed by atoms with Gasteiger partial charge in [-0.25, -0.2) is 0 Å². The molecule has 0 heterocycles. The fourth-order valence-corrected chi connectivity index (χ4v) is 7.42. The van der Waals surface area contributed by atoms with Crippen molar-refractivity contribution >= 4 is 17.9 Å². The summed E-state index contributed by atoms with van der Waals surface area (Å²) in [5, 5.41) is 0. The Hall–Kier alpha value is -3.67. The SMILES string of the molecule is CC/C=C\C/C=C\C/C=C\C/C=C\C/C=C\CCC(=O)OC(COC(=O)CCCCCCC/C=C\C=C/CCCCCCCCC)COC(=O)CCCCCCCCC/C=C\CCCCCC. The Labute approximate surface area is 413 Å². The van der Waals surface area contributed by atoms with E-state index in [9.17, 15) is 14.4 Å². The Morgan fingerprint density at radius 1 is 0.328 bits per heavy atom. The van der Waals surface area contributed by atoms with Crippen molar-refractivity contribution in [2.75, 3.05) is 13.2 Å². The van der Waals surface area contributed by atoms with Crippen LogP contribution >= 0.6 is 0 Å². The van der Waals surface area contributed by atoms with Gasteiger partial charge in [-0.05, 0) is 103 Å². The van der Waals surface area contributed by atoms with Crippen molar-refractivity contribution in [3.05, 3.63) is 97.2 Å². The third kappa shape index (κ3) is 53.2. The maximum atomic E-state index is 12.8. The topological polar surface area (TPSA) is 78.9 Å². The second kappa shape index (κ2) is 54.9. The Morgan fingerprint density at radius 2 is 0.657 bits per heavy atom. The van der Waals surface area contributed by atoms with Crippen LogP contribution in [0.25, 0.3) is 0 Å². The lowest BCUT2D eigenvalue weighted by Crippen LogP contribution is -2.30. The number of hydrogen-bond donors (Lipinski definition) is 0. The quantitative estimate of drug-likeness (QED) is 0.0199. The van der Waals surface area contributed by atoms with Crippen molar-refractivity contribution in [3.8, 4) is 0 Å². The molecule has 0 spiro atoms. The van der Waals surface area contributed by atoms with E-state index in [2.05, 4.69) is 106 Å². The fraction of sp³-hybridized carbons (Fsp3) is 0.689. The molecule has 382 valence electrons. The largest absolute Gasteiger partial charge is 0.462 e. The van der Waals surface area contributed by atoms with Crippen LogP contribution in [-0.4, -0.2) is 37.2 Å². The maximum absolute atomic E-state index is 12.8. The second-order valence-electron chi connectivity index (χ2n) is 18.1. The number of carbonyl (C=O) groups is 3. The molecule has 67 heavy (non-hydrogen) atoms. The molecule has 0 rings (SSSR count). The fourth-order valence-electron chi connectivity index (χ4n) is 7.42. The molecule has 0 aliphatic rings. The third-order valence-corrected chi connectivity index (χ3v) is 11.6. The molecule has 0 amide bonds. The van der Waals surface area contributed by atoms with E-state index in [1.165, 1.54) is 116 Å². The summed E-state index contributed by atoms with van der Waals surface area (Å²) in [6.07, 6.45) is 72.6. The van der Waals surface area contributed by atoms with E-state index in [1.54, 1.807) is 0 Å². The zero-order valence-electron chi connectivity index (χ0n) is 43.6. The van der Waals surface area contributed by atoms with E-state index in [-0.39, 0.29) is 31.6 Å². The number of esters is 3. The van der Waals surface area contributed by atoms with Crippen LogP contribution in [0, 0.1) is 0 Å². The van der Waals surface area contributed by atoms with Gasteiger partial charge in [0.25, 0.3) is 0 Å². The molecule has 0 bridgehead atoms. The van der Waals surface area contributed by atoms with Gasteiger partial charge in [0, 0.05) is 19.3 Å². The molecule has 6 nitrogen and oxygen atoms in total. The van der Waals surface area contributed by atoms with Crippen LogP contribution in [0.3, 0.4) is 0 Å². The van der Waals surface area contributed by atoms with Crippen LogP contribution in [0.4, 0.5) is 0 Å². The van der Waals surface area contributed by atoms with Crippen LogP contribution in [0.15, 0.2) is 97.2 Å². The van der Waals surface area contributed by atoms with Gasteiger partial charge >= 0.3 is 17.9 Å². The first-order chi connectivity index (χ1) is 33.0. The molecule has 0 aliphatic carbocycles. The Kier molecular flexibility index (Phi) is 51.9. The Morgan fingerprint density at radius 3 is 1.07 bits per heavy atom. The zero-order valence-corrected chi connectivity index (χ0v) is 43.6. The molecule has 0 aliphatic heterocycles. The third-order valence-electron chi connectivity index (χ3n) is 11.6. The number of hydrogen-bond acceptors (Lipinski definition) is 6. The minimum atomic E-state index is -0.826. The van der Waals surface area contributed by atoms with Gasteiger partial charge in [0.2, 0.25) is 0 Å². The molecule has 0 radical (unpaired) electrons. The highest BCUT2D eigenvalue weighted by Gasteiger charge is 2.19. The monoisotopic (exact) mass is 931 g/mol. The van der Waals surface area contributed by atoms with Crippen molar-refractivity contribution in [3.63, 3.8) is 0 Å². The predicted molar refractivity (Wildman–Crippen MR) is 288 cm³/mol. The number of rotatable bonds is 49. The van der Waals surface area contributed by atoms with Crippen molar-refractivity contribution in [1.82, 2.24) is 0 Å². The van der Waals surface area contributed by atoms with Crippen molar-refractivity contribution in [2.24, 2.45) is 0 Å². The second-order valence-corrected chi connectivity index (χ2v) is 18.1. The van der Waals surface area contributed by atoms with Gasteiger partial charge < -0.3 is 14.2 Å². The lowest BCUT2D eigenvalue weighted by atomic mass is 10.1. The van der Waals surface area contributed by atoms with Gasteiger partial charge in [-0.3, -0.25) is 14.4 Å².